The Kier molecular flexibility index (Phi) is 5.37. The van der Waals surface area contributed by atoms with Crippen LogP contribution in [0.15, 0.2) is 24.3 Å². The molecule has 2 atom stereocenters. The molecule has 21 heavy (non-hydrogen) atoms. The summed E-state index contributed by atoms with van der Waals surface area (Å²) in [6.07, 6.45) is 1.07. The second kappa shape index (κ2) is 7.05. The Balaban J connectivity index is 1.94. The predicted molar refractivity (Wildman–Crippen MR) is 82.3 cm³/mol. The van der Waals surface area contributed by atoms with Crippen LogP contribution in [0.25, 0.3) is 0 Å². The Bertz CT molecular complexity index is 469. The minimum atomic E-state index is -0.726. The first kappa shape index (κ1) is 16.0. The molecule has 0 radical (unpaired) electrons. The summed E-state index contributed by atoms with van der Waals surface area (Å²) >= 11 is 0. The van der Waals surface area contributed by atoms with Gasteiger partial charge in [0, 0.05) is 13.1 Å². The van der Waals surface area contributed by atoms with Crippen molar-refractivity contribution in [2.24, 2.45) is 5.92 Å². The van der Waals surface area contributed by atoms with Gasteiger partial charge in [-0.3, -0.25) is 9.69 Å². The minimum Gasteiger partial charge on any atom is -0.481 e. The molecule has 2 rings (SSSR count). The van der Waals surface area contributed by atoms with Gasteiger partial charge in [0.15, 0.2) is 0 Å². The van der Waals surface area contributed by atoms with Gasteiger partial charge in [-0.05, 0) is 36.4 Å². The number of carboxylic acid groups (broad SMARTS) is 1. The zero-order chi connectivity index (χ0) is 15.4. The van der Waals surface area contributed by atoms with E-state index < -0.39 is 12.1 Å². The number of benzene rings is 1. The van der Waals surface area contributed by atoms with E-state index in [9.17, 15) is 9.90 Å². The van der Waals surface area contributed by atoms with Gasteiger partial charge < -0.3 is 10.2 Å². The summed E-state index contributed by atoms with van der Waals surface area (Å²) in [6.45, 7) is 6.20. The van der Waals surface area contributed by atoms with Gasteiger partial charge in [-0.15, -0.1) is 0 Å². The lowest BCUT2D eigenvalue weighted by atomic mass is 9.96. The van der Waals surface area contributed by atoms with Crippen molar-refractivity contribution in [2.75, 3.05) is 19.6 Å². The lowest BCUT2D eigenvalue weighted by molar-refractivity contribution is -0.143. The van der Waals surface area contributed by atoms with Gasteiger partial charge in [0.05, 0.1) is 12.0 Å². The van der Waals surface area contributed by atoms with E-state index in [-0.39, 0.29) is 5.92 Å². The highest BCUT2D eigenvalue weighted by Gasteiger charge is 2.26. The normalized spacial score (nSPS) is 21.4. The average molecular weight is 291 g/mol. The lowest BCUT2D eigenvalue weighted by Gasteiger charge is -2.32. The van der Waals surface area contributed by atoms with Crippen molar-refractivity contribution < 1.29 is 15.0 Å². The molecule has 1 aromatic carbocycles. The van der Waals surface area contributed by atoms with Crippen molar-refractivity contribution in [3.8, 4) is 0 Å². The molecule has 4 nitrogen and oxygen atoms in total. The van der Waals surface area contributed by atoms with Crippen LogP contribution in [0.3, 0.4) is 0 Å². The number of rotatable bonds is 5. The lowest BCUT2D eigenvalue weighted by Crippen LogP contribution is -2.40. The first-order chi connectivity index (χ1) is 9.97. The van der Waals surface area contributed by atoms with Crippen LogP contribution in [-0.4, -0.2) is 40.7 Å². The van der Waals surface area contributed by atoms with Crippen LogP contribution in [-0.2, 0) is 4.79 Å². The van der Waals surface area contributed by atoms with Crippen LogP contribution in [0.2, 0.25) is 0 Å². The largest absolute Gasteiger partial charge is 0.481 e. The summed E-state index contributed by atoms with van der Waals surface area (Å²) in [5, 5.41) is 19.4. The van der Waals surface area contributed by atoms with Crippen molar-refractivity contribution >= 4 is 5.97 Å². The van der Waals surface area contributed by atoms with Gasteiger partial charge in [0.2, 0.25) is 0 Å². The number of likely N-dealkylation sites (tertiary alicyclic amines) is 1. The van der Waals surface area contributed by atoms with Crippen LogP contribution in [0.4, 0.5) is 0 Å². The van der Waals surface area contributed by atoms with Crippen LogP contribution in [0, 0.1) is 5.92 Å². The number of hydrogen-bond donors (Lipinski definition) is 2. The highest BCUT2D eigenvalue weighted by Crippen LogP contribution is 2.22. The number of aliphatic carboxylic acids is 1. The molecule has 0 amide bonds. The fraction of sp³-hybridized carbons (Fsp3) is 0.588. The number of hydrogen-bond acceptors (Lipinski definition) is 3. The molecule has 0 spiro atoms. The molecule has 1 aliphatic rings. The molecule has 1 fully saturated rings. The fourth-order valence-corrected chi connectivity index (χ4v) is 2.88. The fourth-order valence-electron chi connectivity index (χ4n) is 2.88. The molecule has 0 aromatic heterocycles. The predicted octanol–water partition coefficient (Wildman–Crippen LogP) is 2.64. The number of aliphatic hydroxyl groups is 1. The topological polar surface area (TPSA) is 60.8 Å². The second-order valence-electron chi connectivity index (χ2n) is 6.27. The third-order valence-electron chi connectivity index (χ3n) is 4.27. The molecule has 1 saturated heterocycles. The second-order valence-corrected chi connectivity index (χ2v) is 6.27. The summed E-state index contributed by atoms with van der Waals surface area (Å²) < 4.78 is 0. The molecule has 116 valence electrons. The van der Waals surface area contributed by atoms with E-state index in [1.54, 1.807) is 0 Å². The molecule has 2 N–H and O–H groups in total. The summed E-state index contributed by atoms with van der Waals surface area (Å²) in [6, 6.07) is 8.05. The number of nitrogens with zero attached hydrogens (tertiary/aromatic N) is 1. The SMILES string of the molecule is CC(C)c1ccc(C(O)CN2CCCC(C(=O)O)C2)cc1. The van der Waals surface area contributed by atoms with Crippen LogP contribution in [0.1, 0.15) is 49.8 Å². The minimum absolute atomic E-state index is 0.297. The maximum atomic E-state index is 11.1. The van der Waals surface area contributed by atoms with Gasteiger partial charge in [-0.2, -0.15) is 0 Å². The zero-order valence-corrected chi connectivity index (χ0v) is 12.8. The Hall–Kier alpha value is -1.39. The molecule has 1 aromatic rings. The summed E-state index contributed by atoms with van der Waals surface area (Å²) in [4.78, 5) is 13.1. The van der Waals surface area contributed by atoms with Crippen LogP contribution in [0.5, 0.6) is 0 Å². The van der Waals surface area contributed by atoms with Gasteiger partial charge in [-0.1, -0.05) is 38.1 Å². The van der Waals surface area contributed by atoms with E-state index in [2.05, 4.69) is 30.9 Å². The molecule has 1 aliphatic heterocycles. The Morgan fingerprint density at radius 3 is 2.48 bits per heavy atom. The van der Waals surface area contributed by atoms with Crippen molar-refractivity contribution in [1.29, 1.82) is 0 Å². The maximum absolute atomic E-state index is 11.1. The number of carboxylic acids is 1. The van der Waals surface area contributed by atoms with Gasteiger partial charge in [0.1, 0.15) is 0 Å². The summed E-state index contributed by atoms with van der Waals surface area (Å²) in [5.41, 5.74) is 2.16. The van der Waals surface area contributed by atoms with E-state index in [1.807, 2.05) is 12.1 Å². The molecule has 1 heterocycles. The van der Waals surface area contributed by atoms with E-state index in [0.717, 1.165) is 24.9 Å². The van der Waals surface area contributed by atoms with E-state index in [4.69, 9.17) is 5.11 Å². The monoisotopic (exact) mass is 291 g/mol. The van der Waals surface area contributed by atoms with Gasteiger partial charge in [-0.25, -0.2) is 0 Å². The number of piperidine rings is 1. The molecular formula is C17H25NO3. The van der Waals surface area contributed by atoms with Crippen molar-refractivity contribution in [1.82, 2.24) is 4.90 Å². The summed E-state index contributed by atoms with van der Waals surface area (Å²) in [5.74, 6) is -0.542. The maximum Gasteiger partial charge on any atom is 0.307 e. The molecule has 2 unspecified atom stereocenters. The Labute approximate surface area is 126 Å². The first-order valence-electron chi connectivity index (χ1n) is 7.70. The first-order valence-corrected chi connectivity index (χ1v) is 7.70. The zero-order valence-electron chi connectivity index (χ0n) is 12.8. The van der Waals surface area contributed by atoms with E-state index in [1.165, 1.54) is 5.56 Å². The van der Waals surface area contributed by atoms with E-state index >= 15 is 0 Å². The van der Waals surface area contributed by atoms with E-state index in [0.29, 0.717) is 19.0 Å². The molecule has 0 aliphatic carbocycles. The molecular weight excluding hydrogens is 266 g/mol. The highest BCUT2D eigenvalue weighted by atomic mass is 16.4. The smallest absolute Gasteiger partial charge is 0.307 e. The van der Waals surface area contributed by atoms with Crippen LogP contribution < -0.4 is 0 Å². The average Bonchev–Trinajstić information content (AvgIpc) is 2.47. The Morgan fingerprint density at radius 2 is 1.90 bits per heavy atom. The number of β-amino-alcohol motifs (C(OH)–C–C–N with tert-alkyl or cyclic N) is 1. The summed E-state index contributed by atoms with van der Waals surface area (Å²) in [7, 11) is 0. The van der Waals surface area contributed by atoms with Crippen molar-refractivity contribution in [3.63, 3.8) is 0 Å². The van der Waals surface area contributed by atoms with Crippen LogP contribution >= 0.6 is 0 Å². The number of carbonyl (C=O) groups is 1. The third kappa shape index (κ3) is 4.29. The Morgan fingerprint density at radius 1 is 1.29 bits per heavy atom. The molecule has 0 saturated carbocycles. The van der Waals surface area contributed by atoms with Crippen molar-refractivity contribution in [2.45, 2.75) is 38.7 Å². The molecule has 0 bridgehead atoms. The third-order valence-corrected chi connectivity index (χ3v) is 4.27. The van der Waals surface area contributed by atoms with Crippen molar-refractivity contribution in [3.05, 3.63) is 35.4 Å². The van der Waals surface area contributed by atoms with Gasteiger partial charge in [0.25, 0.3) is 0 Å². The van der Waals surface area contributed by atoms with Gasteiger partial charge >= 0.3 is 5.97 Å². The molecule has 4 heteroatoms. The quantitative estimate of drug-likeness (QED) is 0.875. The highest BCUT2D eigenvalue weighted by molar-refractivity contribution is 5.70. The number of aliphatic hydroxyl groups excluding tert-OH is 1. The standard InChI is InChI=1S/C17H25NO3/c1-12(2)13-5-7-14(8-6-13)16(19)11-18-9-3-4-15(10-18)17(20)21/h5-8,12,15-16,19H,3-4,9-11H2,1-2H3,(H,20,21).